The molecule has 2 aromatic rings. The smallest absolute Gasteiger partial charge is 0.272 e. The number of aromatic amines is 1. The minimum absolute atomic E-state index is 0. The van der Waals surface area contributed by atoms with Crippen LogP contribution in [0.15, 0.2) is 18.2 Å². The first-order chi connectivity index (χ1) is 12.6. The second kappa shape index (κ2) is 9.24. The van der Waals surface area contributed by atoms with Gasteiger partial charge in [0, 0.05) is 37.3 Å². The number of nitrogens with zero attached hydrogens (tertiary/aromatic N) is 1. The summed E-state index contributed by atoms with van der Waals surface area (Å²) in [5.41, 5.74) is 8.24. The van der Waals surface area contributed by atoms with E-state index in [4.69, 9.17) is 15.2 Å². The predicted octanol–water partition coefficient (Wildman–Crippen LogP) is 0.280. The van der Waals surface area contributed by atoms with Crippen LogP contribution in [0.4, 0.5) is 0 Å². The standard InChI is InChI=1S/C17H21N5O4.ClH/c1-25-14-6-10(2-3-13(14)26-9-15(18)23)7-20-17(24)16-11-8-19-5-4-12(11)21-22-16;/h2-3,6,19H,4-5,7-9H2,1H3,(H2,18,23)(H,20,24)(H,21,22);1H. The molecule has 0 aliphatic carbocycles. The monoisotopic (exact) mass is 395 g/mol. The lowest BCUT2D eigenvalue weighted by Crippen LogP contribution is -2.28. The van der Waals surface area contributed by atoms with Gasteiger partial charge in [-0.25, -0.2) is 0 Å². The first-order valence-corrected chi connectivity index (χ1v) is 8.21. The number of nitrogens with two attached hydrogens (primary N) is 1. The van der Waals surface area contributed by atoms with E-state index < -0.39 is 5.91 Å². The van der Waals surface area contributed by atoms with Crippen molar-refractivity contribution in [3.63, 3.8) is 0 Å². The van der Waals surface area contributed by atoms with Gasteiger partial charge in [-0.15, -0.1) is 12.4 Å². The van der Waals surface area contributed by atoms with Crippen LogP contribution in [0.3, 0.4) is 0 Å². The molecule has 1 aromatic carbocycles. The third-order valence-corrected chi connectivity index (χ3v) is 4.07. The van der Waals surface area contributed by atoms with Gasteiger partial charge in [-0.1, -0.05) is 6.07 Å². The number of nitrogens with one attached hydrogen (secondary N) is 3. The van der Waals surface area contributed by atoms with E-state index >= 15 is 0 Å². The van der Waals surface area contributed by atoms with Crippen molar-refractivity contribution in [2.45, 2.75) is 19.5 Å². The van der Waals surface area contributed by atoms with E-state index in [9.17, 15) is 9.59 Å². The van der Waals surface area contributed by atoms with E-state index in [2.05, 4.69) is 20.8 Å². The maximum absolute atomic E-state index is 12.4. The Morgan fingerprint density at radius 1 is 1.33 bits per heavy atom. The second-order valence-electron chi connectivity index (χ2n) is 5.88. The van der Waals surface area contributed by atoms with Gasteiger partial charge < -0.3 is 25.8 Å². The Hall–Kier alpha value is -2.78. The molecule has 0 fully saturated rings. The fourth-order valence-electron chi connectivity index (χ4n) is 2.77. The first-order valence-electron chi connectivity index (χ1n) is 8.21. The van der Waals surface area contributed by atoms with Crippen molar-refractivity contribution < 1.29 is 19.1 Å². The molecule has 27 heavy (non-hydrogen) atoms. The van der Waals surface area contributed by atoms with Gasteiger partial charge in [0.25, 0.3) is 11.8 Å². The van der Waals surface area contributed by atoms with Crippen LogP contribution in [0, 0.1) is 0 Å². The Morgan fingerprint density at radius 3 is 2.89 bits per heavy atom. The number of rotatable bonds is 7. The molecule has 1 aliphatic heterocycles. The van der Waals surface area contributed by atoms with Gasteiger partial charge in [-0.05, 0) is 17.7 Å². The molecule has 0 bridgehead atoms. The SMILES string of the molecule is COc1cc(CNC(=O)c2n[nH]c3c2CNCC3)ccc1OCC(N)=O.Cl. The Labute approximate surface area is 162 Å². The van der Waals surface area contributed by atoms with E-state index in [0.717, 1.165) is 29.8 Å². The summed E-state index contributed by atoms with van der Waals surface area (Å²) < 4.78 is 10.5. The average Bonchev–Trinajstić information content (AvgIpc) is 3.08. The number of methoxy groups -OCH3 is 1. The number of fused-ring (bicyclic) bond motifs is 1. The van der Waals surface area contributed by atoms with Crippen molar-refractivity contribution in [2.75, 3.05) is 20.3 Å². The Bertz CT molecular complexity index is 824. The zero-order valence-electron chi connectivity index (χ0n) is 14.8. The molecule has 0 unspecified atom stereocenters. The van der Waals surface area contributed by atoms with E-state index in [0.29, 0.717) is 30.3 Å². The molecule has 10 heteroatoms. The summed E-state index contributed by atoms with van der Waals surface area (Å²) in [5, 5.41) is 13.1. The summed E-state index contributed by atoms with van der Waals surface area (Å²) in [4.78, 5) is 23.2. The number of carbonyl (C=O) groups is 2. The third kappa shape index (κ3) is 4.89. The van der Waals surface area contributed by atoms with Crippen LogP contribution in [-0.4, -0.2) is 42.3 Å². The number of primary amides is 1. The van der Waals surface area contributed by atoms with E-state index in [1.807, 2.05) is 0 Å². The topological polar surface area (TPSA) is 131 Å². The molecule has 0 saturated heterocycles. The lowest BCUT2D eigenvalue weighted by Gasteiger charge is -2.13. The van der Waals surface area contributed by atoms with Crippen LogP contribution < -0.4 is 25.8 Å². The molecule has 0 saturated carbocycles. The number of hydrogen-bond donors (Lipinski definition) is 4. The highest BCUT2D eigenvalue weighted by atomic mass is 35.5. The fraction of sp³-hybridized carbons (Fsp3) is 0.353. The number of halogens is 1. The lowest BCUT2D eigenvalue weighted by atomic mass is 10.1. The number of benzene rings is 1. The van der Waals surface area contributed by atoms with Crippen LogP contribution in [0.2, 0.25) is 0 Å². The zero-order valence-corrected chi connectivity index (χ0v) is 15.6. The van der Waals surface area contributed by atoms with Crippen LogP contribution in [0.25, 0.3) is 0 Å². The number of hydrogen-bond acceptors (Lipinski definition) is 6. The summed E-state index contributed by atoms with van der Waals surface area (Å²) in [6, 6.07) is 5.18. The first kappa shape index (κ1) is 20.5. The second-order valence-corrected chi connectivity index (χ2v) is 5.88. The van der Waals surface area contributed by atoms with Gasteiger partial charge in [-0.3, -0.25) is 14.7 Å². The Morgan fingerprint density at radius 2 is 2.15 bits per heavy atom. The van der Waals surface area contributed by atoms with Crippen LogP contribution in [0.1, 0.15) is 27.3 Å². The molecule has 146 valence electrons. The largest absolute Gasteiger partial charge is 0.493 e. The number of ether oxygens (including phenoxy) is 2. The van der Waals surface area contributed by atoms with Gasteiger partial charge >= 0.3 is 0 Å². The highest BCUT2D eigenvalue weighted by molar-refractivity contribution is 5.94. The maximum atomic E-state index is 12.4. The molecule has 5 N–H and O–H groups in total. The third-order valence-electron chi connectivity index (χ3n) is 4.07. The van der Waals surface area contributed by atoms with Crippen molar-refractivity contribution in [2.24, 2.45) is 5.73 Å². The lowest BCUT2D eigenvalue weighted by molar-refractivity contribution is -0.119. The van der Waals surface area contributed by atoms with Gasteiger partial charge in [0.2, 0.25) is 0 Å². The molecule has 3 rings (SSSR count). The number of amides is 2. The molecule has 2 heterocycles. The van der Waals surface area contributed by atoms with Gasteiger partial charge in [-0.2, -0.15) is 5.10 Å². The number of carbonyl (C=O) groups excluding carboxylic acids is 2. The normalized spacial score (nSPS) is 12.5. The molecular weight excluding hydrogens is 374 g/mol. The number of H-pyrrole nitrogens is 1. The van der Waals surface area contributed by atoms with Crippen LogP contribution >= 0.6 is 12.4 Å². The summed E-state index contributed by atoms with van der Waals surface area (Å²) in [6.45, 7) is 1.58. The molecule has 0 spiro atoms. The minimum Gasteiger partial charge on any atom is -0.493 e. The Balaban J connectivity index is 0.00000261. The predicted molar refractivity (Wildman–Crippen MR) is 100 cm³/mol. The minimum atomic E-state index is -0.569. The number of aromatic nitrogens is 2. The van der Waals surface area contributed by atoms with Crippen molar-refractivity contribution in [1.29, 1.82) is 0 Å². The van der Waals surface area contributed by atoms with Gasteiger partial charge in [0.1, 0.15) is 0 Å². The van der Waals surface area contributed by atoms with Crippen molar-refractivity contribution in [1.82, 2.24) is 20.8 Å². The molecule has 9 nitrogen and oxygen atoms in total. The average molecular weight is 396 g/mol. The van der Waals surface area contributed by atoms with E-state index in [1.54, 1.807) is 18.2 Å². The quantitative estimate of drug-likeness (QED) is 0.532. The highest BCUT2D eigenvalue weighted by Crippen LogP contribution is 2.28. The van der Waals surface area contributed by atoms with E-state index in [-0.39, 0.29) is 24.9 Å². The van der Waals surface area contributed by atoms with Crippen molar-refractivity contribution >= 4 is 24.2 Å². The molecule has 1 aromatic heterocycles. The molecule has 0 atom stereocenters. The molecule has 1 aliphatic rings. The summed E-state index contributed by atoms with van der Waals surface area (Å²) >= 11 is 0. The highest BCUT2D eigenvalue weighted by Gasteiger charge is 2.21. The van der Waals surface area contributed by atoms with Gasteiger partial charge in [0.15, 0.2) is 23.8 Å². The van der Waals surface area contributed by atoms with Crippen LogP contribution in [0.5, 0.6) is 11.5 Å². The fourth-order valence-corrected chi connectivity index (χ4v) is 2.77. The maximum Gasteiger partial charge on any atom is 0.272 e. The summed E-state index contributed by atoms with van der Waals surface area (Å²) in [5.74, 6) is 0.0626. The zero-order chi connectivity index (χ0) is 18.5. The summed E-state index contributed by atoms with van der Waals surface area (Å²) in [7, 11) is 1.50. The Kier molecular flexibility index (Phi) is 7.03. The van der Waals surface area contributed by atoms with Crippen molar-refractivity contribution in [3.8, 4) is 11.5 Å². The van der Waals surface area contributed by atoms with Crippen LogP contribution in [-0.2, 0) is 24.3 Å². The molecular formula is C17H22ClN5O4. The van der Waals surface area contributed by atoms with E-state index in [1.165, 1.54) is 7.11 Å². The molecule has 2 amide bonds. The molecule has 0 radical (unpaired) electrons. The van der Waals surface area contributed by atoms with Crippen molar-refractivity contribution in [3.05, 3.63) is 40.7 Å². The van der Waals surface area contributed by atoms with Gasteiger partial charge in [0.05, 0.1) is 7.11 Å². The summed E-state index contributed by atoms with van der Waals surface area (Å²) in [6.07, 6.45) is 0.833.